The van der Waals surface area contributed by atoms with Crippen LogP contribution in [0, 0.1) is 10.1 Å². The van der Waals surface area contributed by atoms with Crippen molar-refractivity contribution in [1.82, 2.24) is 0 Å². The van der Waals surface area contributed by atoms with E-state index in [9.17, 15) is 31.7 Å². The molecule has 134 valence electrons. The maximum Gasteiger partial charge on any atom is 0.417 e. The molecule has 0 saturated carbocycles. The Kier molecular flexibility index (Phi) is 5.17. The average molecular weight is 416 g/mol. The van der Waals surface area contributed by atoms with Gasteiger partial charge < -0.3 is 4.18 Å². The summed E-state index contributed by atoms with van der Waals surface area (Å²) in [6.45, 7) is 0. The van der Waals surface area contributed by atoms with Crippen molar-refractivity contribution < 1.29 is 30.7 Å². The van der Waals surface area contributed by atoms with Gasteiger partial charge in [0.1, 0.15) is 4.90 Å². The molecule has 12 heteroatoms. The molecule has 0 saturated heterocycles. The highest BCUT2D eigenvalue weighted by molar-refractivity contribution is 7.87. The largest absolute Gasteiger partial charge is 0.417 e. The lowest BCUT2D eigenvalue weighted by atomic mass is 10.2. The van der Waals surface area contributed by atoms with Crippen LogP contribution in [0.25, 0.3) is 0 Å². The van der Waals surface area contributed by atoms with Crippen molar-refractivity contribution in [3.05, 3.63) is 62.1 Å². The molecule has 0 heterocycles. The number of nitro benzene ring substituents is 1. The fourth-order valence-corrected chi connectivity index (χ4v) is 3.36. The molecule has 0 unspecified atom stereocenters. The predicted molar refractivity (Wildman–Crippen MR) is 82.4 cm³/mol. The molecule has 0 aliphatic rings. The van der Waals surface area contributed by atoms with Crippen molar-refractivity contribution in [3.63, 3.8) is 0 Å². The van der Waals surface area contributed by atoms with Gasteiger partial charge in [-0.1, -0.05) is 23.2 Å². The van der Waals surface area contributed by atoms with E-state index in [2.05, 4.69) is 4.18 Å². The molecule has 0 bridgehead atoms. The van der Waals surface area contributed by atoms with E-state index in [0.29, 0.717) is 12.1 Å². The smallest absolute Gasteiger partial charge is 0.377 e. The van der Waals surface area contributed by atoms with E-state index in [1.54, 1.807) is 0 Å². The van der Waals surface area contributed by atoms with E-state index >= 15 is 0 Å². The van der Waals surface area contributed by atoms with E-state index in [-0.39, 0.29) is 5.02 Å². The minimum Gasteiger partial charge on any atom is -0.377 e. The van der Waals surface area contributed by atoms with E-state index in [1.165, 1.54) is 0 Å². The summed E-state index contributed by atoms with van der Waals surface area (Å²) in [6.07, 6.45) is -5.00. The molecule has 2 aromatic carbocycles. The lowest BCUT2D eigenvalue weighted by Crippen LogP contribution is -2.17. The molecule has 0 amide bonds. The van der Waals surface area contributed by atoms with Crippen molar-refractivity contribution in [3.8, 4) is 5.75 Å². The summed E-state index contributed by atoms with van der Waals surface area (Å²) in [5.41, 5.74) is -1.96. The number of hydrogen-bond donors (Lipinski definition) is 0. The Bertz CT molecular complexity index is 947. The first kappa shape index (κ1) is 19.3. The molecule has 0 N–H and O–H groups in total. The fourth-order valence-electron chi connectivity index (χ4n) is 1.78. The van der Waals surface area contributed by atoms with E-state index in [4.69, 9.17) is 23.2 Å². The Morgan fingerprint density at radius 2 is 1.72 bits per heavy atom. The molecule has 0 aromatic heterocycles. The third-order valence-electron chi connectivity index (χ3n) is 2.84. The zero-order chi connectivity index (χ0) is 19.0. The van der Waals surface area contributed by atoms with Gasteiger partial charge in [0, 0.05) is 17.2 Å². The molecule has 25 heavy (non-hydrogen) atoms. The number of nitrogens with zero attached hydrogens (tertiary/aromatic N) is 1. The molecule has 0 aliphatic heterocycles. The van der Waals surface area contributed by atoms with Crippen molar-refractivity contribution in [2.24, 2.45) is 0 Å². The van der Waals surface area contributed by atoms with Gasteiger partial charge in [0.15, 0.2) is 5.75 Å². The molecule has 0 aliphatic carbocycles. The van der Waals surface area contributed by atoms with Gasteiger partial charge in [0.25, 0.3) is 5.69 Å². The molecular weight excluding hydrogens is 410 g/mol. The van der Waals surface area contributed by atoms with Gasteiger partial charge in [-0.05, 0) is 24.3 Å². The zero-order valence-corrected chi connectivity index (χ0v) is 14.1. The minimum atomic E-state index is -5.00. The lowest BCUT2D eigenvalue weighted by molar-refractivity contribution is -0.384. The minimum absolute atomic E-state index is 0.320. The standard InChI is InChI=1S/C13H6Cl2F3NO5S/c14-7-1-4-12(9(5-7)13(16,17)18)25(22,23)24-11-3-2-8(19(20)21)6-10(11)15/h1-6H. The first-order chi connectivity index (χ1) is 11.4. The second-order valence-electron chi connectivity index (χ2n) is 4.55. The Balaban J connectivity index is 2.49. The Morgan fingerprint density at radius 3 is 2.24 bits per heavy atom. The van der Waals surface area contributed by atoms with Crippen molar-refractivity contribution in [1.29, 1.82) is 0 Å². The van der Waals surface area contributed by atoms with Gasteiger partial charge in [-0.25, -0.2) is 0 Å². The van der Waals surface area contributed by atoms with E-state index in [0.717, 1.165) is 24.3 Å². The SMILES string of the molecule is O=[N+]([O-])c1ccc(OS(=O)(=O)c2ccc(Cl)cc2C(F)(F)F)c(Cl)c1. The number of benzene rings is 2. The van der Waals surface area contributed by atoms with Crippen LogP contribution >= 0.6 is 23.2 Å². The second kappa shape index (κ2) is 6.70. The average Bonchev–Trinajstić information content (AvgIpc) is 2.47. The van der Waals surface area contributed by atoms with Crippen molar-refractivity contribution in [2.75, 3.05) is 0 Å². The Morgan fingerprint density at radius 1 is 1.08 bits per heavy atom. The maximum atomic E-state index is 13.0. The molecular formula is C13H6Cl2F3NO5S. The fraction of sp³-hybridized carbons (Fsp3) is 0.0769. The third-order valence-corrected chi connectivity index (χ3v) is 4.67. The highest BCUT2D eigenvalue weighted by Gasteiger charge is 2.38. The van der Waals surface area contributed by atoms with Crippen LogP contribution in [0.2, 0.25) is 10.0 Å². The summed E-state index contributed by atoms with van der Waals surface area (Å²) < 4.78 is 68.1. The molecule has 0 spiro atoms. The second-order valence-corrected chi connectivity index (χ2v) is 6.91. The summed E-state index contributed by atoms with van der Waals surface area (Å²) in [5, 5.41) is 9.83. The maximum absolute atomic E-state index is 13.0. The Hall–Kier alpha value is -2.04. The van der Waals surface area contributed by atoms with Crippen molar-refractivity contribution >= 4 is 39.0 Å². The van der Waals surface area contributed by atoms with Gasteiger partial charge in [-0.2, -0.15) is 21.6 Å². The number of rotatable bonds is 4. The monoisotopic (exact) mass is 415 g/mol. The summed E-state index contributed by atoms with van der Waals surface area (Å²) in [4.78, 5) is 8.65. The summed E-state index contributed by atoms with van der Waals surface area (Å²) >= 11 is 11.2. The number of non-ortho nitro benzene ring substituents is 1. The first-order valence-corrected chi connectivity index (χ1v) is 8.33. The number of nitro groups is 1. The van der Waals surface area contributed by atoms with E-state index in [1.807, 2.05) is 0 Å². The van der Waals surface area contributed by atoms with Gasteiger partial charge in [-0.15, -0.1) is 0 Å². The lowest BCUT2D eigenvalue weighted by Gasteiger charge is -2.14. The van der Waals surface area contributed by atoms with Crippen LogP contribution in [0.4, 0.5) is 18.9 Å². The highest BCUT2D eigenvalue weighted by atomic mass is 35.5. The molecule has 6 nitrogen and oxygen atoms in total. The zero-order valence-electron chi connectivity index (χ0n) is 11.8. The molecule has 2 rings (SSSR count). The predicted octanol–water partition coefficient (Wildman–Crippen LogP) is 4.69. The van der Waals surface area contributed by atoms with Crippen LogP contribution in [-0.4, -0.2) is 13.3 Å². The summed E-state index contributed by atoms with van der Waals surface area (Å²) in [7, 11) is -4.93. The van der Waals surface area contributed by atoms with Crippen molar-refractivity contribution in [2.45, 2.75) is 11.1 Å². The third kappa shape index (κ3) is 4.33. The number of halogens is 5. The van der Waals surface area contributed by atoms with Gasteiger partial charge in [-0.3, -0.25) is 10.1 Å². The normalized spacial score (nSPS) is 12.0. The van der Waals surface area contributed by atoms with Crippen LogP contribution in [0.3, 0.4) is 0 Å². The molecule has 0 radical (unpaired) electrons. The van der Waals surface area contributed by atoms with Gasteiger partial charge in [0.2, 0.25) is 0 Å². The van der Waals surface area contributed by atoms with E-state index < -0.39 is 48.1 Å². The van der Waals surface area contributed by atoms with Crippen LogP contribution in [0.5, 0.6) is 5.75 Å². The molecule has 2 aromatic rings. The highest BCUT2D eigenvalue weighted by Crippen LogP contribution is 2.38. The van der Waals surface area contributed by atoms with Gasteiger partial charge >= 0.3 is 16.3 Å². The Labute approximate surface area is 149 Å². The van der Waals surface area contributed by atoms with Gasteiger partial charge in [0.05, 0.1) is 15.5 Å². The summed E-state index contributed by atoms with van der Waals surface area (Å²) in [6, 6.07) is 4.59. The quantitative estimate of drug-likeness (QED) is 0.410. The van der Waals surface area contributed by atoms with Crippen LogP contribution in [0.1, 0.15) is 5.56 Å². The van der Waals surface area contributed by atoms with Crippen LogP contribution < -0.4 is 4.18 Å². The number of hydrogen-bond acceptors (Lipinski definition) is 5. The molecule has 0 fully saturated rings. The summed E-state index contributed by atoms with van der Waals surface area (Å²) in [5.74, 6) is -0.560. The first-order valence-electron chi connectivity index (χ1n) is 6.17. The number of alkyl halides is 3. The topological polar surface area (TPSA) is 86.5 Å². The van der Waals surface area contributed by atoms with Crippen LogP contribution in [0.15, 0.2) is 41.3 Å². The van der Waals surface area contributed by atoms with Crippen LogP contribution in [-0.2, 0) is 16.3 Å². The molecule has 0 atom stereocenters.